The molecule has 144 valence electrons. The van der Waals surface area contributed by atoms with Crippen molar-refractivity contribution in [2.24, 2.45) is 11.7 Å². The first-order valence-electron chi connectivity index (χ1n) is 9.28. The number of fused-ring (bicyclic) bond motifs is 1. The fourth-order valence-corrected chi connectivity index (χ4v) is 4.02. The molecule has 0 aromatic carbocycles. The van der Waals surface area contributed by atoms with Gasteiger partial charge in [0, 0.05) is 45.1 Å². The van der Waals surface area contributed by atoms with Gasteiger partial charge < -0.3 is 25.8 Å². The molecule has 3 N–H and O–H groups in total. The Labute approximate surface area is 152 Å². The van der Waals surface area contributed by atoms with Gasteiger partial charge in [0.2, 0.25) is 11.8 Å². The molecule has 3 atom stereocenters. The number of amides is 4. The molecule has 26 heavy (non-hydrogen) atoms. The van der Waals surface area contributed by atoms with Gasteiger partial charge in [-0.1, -0.05) is 6.92 Å². The van der Waals surface area contributed by atoms with Crippen molar-refractivity contribution in [2.45, 2.75) is 38.3 Å². The number of nitrogens with two attached hydrogens (primary N) is 1. The molecule has 0 radical (unpaired) electrons. The van der Waals surface area contributed by atoms with Crippen molar-refractivity contribution in [1.29, 1.82) is 0 Å². The van der Waals surface area contributed by atoms with Crippen LogP contribution in [-0.4, -0.2) is 89.7 Å². The van der Waals surface area contributed by atoms with E-state index in [9.17, 15) is 19.2 Å². The van der Waals surface area contributed by atoms with Crippen LogP contribution in [0.1, 0.15) is 26.2 Å². The summed E-state index contributed by atoms with van der Waals surface area (Å²) in [4.78, 5) is 54.0. The Hall–Kier alpha value is -2.16. The van der Waals surface area contributed by atoms with Gasteiger partial charge >= 0.3 is 6.03 Å². The molecule has 3 saturated heterocycles. The highest BCUT2D eigenvalue weighted by Crippen LogP contribution is 2.31. The summed E-state index contributed by atoms with van der Waals surface area (Å²) in [6.45, 7) is 5.00. The quantitative estimate of drug-likeness (QED) is 0.647. The van der Waals surface area contributed by atoms with Crippen molar-refractivity contribution in [3.05, 3.63) is 0 Å². The van der Waals surface area contributed by atoms with Gasteiger partial charge in [0.05, 0.1) is 12.6 Å². The number of Topliss-reactive ketones (excluding diaryl/α,β-unsaturated/α-hetero) is 1. The third-order valence-electron chi connectivity index (χ3n) is 5.65. The normalized spacial score (nSPS) is 26.8. The summed E-state index contributed by atoms with van der Waals surface area (Å²) in [5.41, 5.74) is 5.23. The monoisotopic (exact) mass is 365 g/mol. The minimum atomic E-state index is -0.543. The third kappa shape index (κ3) is 3.53. The SMILES string of the molecule is CC(CCC(=O)N1CCC2C1C(=O)CN2C(=O)N1CCNCC1)C(N)=O. The van der Waals surface area contributed by atoms with Gasteiger partial charge in [-0.2, -0.15) is 0 Å². The molecule has 0 aliphatic carbocycles. The second kappa shape index (κ2) is 7.61. The molecule has 3 rings (SSSR count). The summed E-state index contributed by atoms with van der Waals surface area (Å²) < 4.78 is 0. The van der Waals surface area contributed by atoms with E-state index in [2.05, 4.69) is 5.32 Å². The molecule has 4 amide bonds. The Balaban J connectivity index is 1.62. The number of carbonyl (C=O) groups excluding carboxylic acids is 4. The number of nitrogens with zero attached hydrogens (tertiary/aromatic N) is 3. The Bertz CT molecular complexity index is 604. The first-order valence-corrected chi connectivity index (χ1v) is 9.28. The van der Waals surface area contributed by atoms with Crippen LogP contribution in [0.3, 0.4) is 0 Å². The zero-order valence-electron chi connectivity index (χ0n) is 15.1. The van der Waals surface area contributed by atoms with Gasteiger partial charge in [-0.05, 0) is 12.8 Å². The van der Waals surface area contributed by atoms with Gasteiger partial charge in [0.15, 0.2) is 5.78 Å². The minimum Gasteiger partial charge on any atom is -0.369 e. The Morgan fingerprint density at radius 2 is 1.88 bits per heavy atom. The minimum absolute atomic E-state index is 0.0690. The molecular weight excluding hydrogens is 338 g/mol. The number of hydrogen-bond acceptors (Lipinski definition) is 5. The van der Waals surface area contributed by atoms with E-state index in [4.69, 9.17) is 5.73 Å². The van der Waals surface area contributed by atoms with Crippen LogP contribution in [0, 0.1) is 5.92 Å². The van der Waals surface area contributed by atoms with Crippen LogP contribution < -0.4 is 11.1 Å². The molecule has 0 aromatic heterocycles. The average molecular weight is 365 g/mol. The molecule has 0 bridgehead atoms. The fraction of sp³-hybridized carbons (Fsp3) is 0.765. The fourth-order valence-electron chi connectivity index (χ4n) is 4.02. The standard InChI is InChI=1S/C17H27N5O4/c1-11(16(18)25)2-3-14(24)21-7-4-12-15(21)13(23)10-22(12)17(26)20-8-5-19-6-9-20/h11-12,15,19H,2-10H2,1H3,(H2,18,25). The van der Waals surface area contributed by atoms with E-state index in [0.29, 0.717) is 32.5 Å². The topological polar surface area (TPSA) is 116 Å². The molecule has 9 heteroatoms. The number of urea groups is 1. The van der Waals surface area contributed by atoms with Crippen molar-refractivity contribution in [3.8, 4) is 0 Å². The van der Waals surface area contributed by atoms with Crippen LogP contribution in [0.25, 0.3) is 0 Å². The zero-order valence-corrected chi connectivity index (χ0v) is 15.1. The van der Waals surface area contributed by atoms with E-state index in [0.717, 1.165) is 13.1 Å². The molecule has 0 spiro atoms. The van der Waals surface area contributed by atoms with Crippen molar-refractivity contribution >= 4 is 23.6 Å². The van der Waals surface area contributed by atoms with E-state index >= 15 is 0 Å². The van der Waals surface area contributed by atoms with Crippen LogP contribution in [0.4, 0.5) is 4.79 Å². The molecule has 3 fully saturated rings. The number of primary amides is 1. The van der Waals surface area contributed by atoms with E-state index in [1.807, 2.05) is 0 Å². The number of ketones is 1. The average Bonchev–Trinajstić information content (AvgIpc) is 3.21. The van der Waals surface area contributed by atoms with Gasteiger partial charge in [-0.15, -0.1) is 0 Å². The lowest BCUT2D eigenvalue weighted by molar-refractivity contribution is -0.136. The number of carbonyl (C=O) groups is 4. The zero-order chi connectivity index (χ0) is 18.8. The molecule has 3 heterocycles. The summed E-state index contributed by atoms with van der Waals surface area (Å²) in [5.74, 6) is -1.02. The molecule has 3 aliphatic heterocycles. The van der Waals surface area contributed by atoms with Crippen molar-refractivity contribution in [1.82, 2.24) is 20.0 Å². The Morgan fingerprint density at radius 3 is 2.54 bits per heavy atom. The summed E-state index contributed by atoms with van der Waals surface area (Å²) in [6.07, 6.45) is 1.18. The van der Waals surface area contributed by atoms with Crippen molar-refractivity contribution in [2.75, 3.05) is 39.3 Å². The number of nitrogens with one attached hydrogen (secondary N) is 1. The summed E-state index contributed by atoms with van der Waals surface area (Å²) in [5, 5.41) is 3.20. The number of piperazine rings is 1. The highest BCUT2D eigenvalue weighted by molar-refractivity contribution is 5.97. The van der Waals surface area contributed by atoms with Crippen LogP contribution in [0.15, 0.2) is 0 Å². The lowest BCUT2D eigenvalue weighted by atomic mass is 10.0. The maximum atomic E-state index is 12.8. The lowest BCUT2D eigenvalue weighted by Crippen LogP contribution is -2.53. The molecule has 9 nitrogen and oxygen atoms in total. The molecule has 3 aliphatic rings. The maximum absolute atomic E-state index is 12.8. The van der Waals surface area contributed by atoms with Gasteiger partial charge in [-0.3, -0.25) is 14.4 Å². The largest absolute Gasteiger partial charge is 0.369 e. The van der Waals surface area contributed by atoms with Gasteiger partial charge in [0.1, 0.15) is 6.04 Å². The predicted octanol–water partition coefficient (Wildman–Crippen LogP) is -1.23. The van der Waals surface area contributed by atoms with Crippen LogP contribution in [0.5, 0.6) is 0 Å². The third-order valence-corrected chi connectivity index (χ3v) is 5.65. The predicted molar refractivity (Wildman–Crippen MR) is 93.1 cm³/mol. The Kier molecular flexibility index (Phi) is 5.45. The van der Waals surface area contributed by atoms with Crippen LogP contribution >= 0.6 is 0 Å². The van der Waals surface area contributed by atoms with E-state index in [-0.39, 0.29) is 42.6 Å². The molecular formula is C17H27N5O4. The summed E-state index contributed by atoms with van der Waals surface area (Å²) in [7, 11) is 0. The molecule has 0 aromatic rings. The van der Waals surface area contributed by atoms with Crippen molar-refractivity contribution < 1.29 is 19.2 Å². The van der Waals surface area contributed by atoms with E-state index in [1.165, 1.54) is 0 Å². The van der Waals surface area contributed by atoms with Gasteiger partial charge in [0.25, 0.3) is 0 Å². The highest BCUT2D eigenvalue weighted by Gasteiger charge is 2.51. The van der Waals surface area contributed by atoms with Crippen LogP contribution in [0.2, 0.25) is 0 Å². The molecule has 0 saturated carbocycles. The van der Waals surface area contributed by atoms with Crippen molar-refractivity contribution in [3.63, 3.8) is 0 Å². The second-order valence-electron chi connectivity index (χ2n) is 7.34. The first-order chi connectivity index (χ1) is 12.4. The summed E-state index contributed by atoms with van der Waals surface area (Å²) >= 11 is 0. The van der Waals surface area contributed by atoms with E-state index < -0.39 is 11.9 Å². The lowest BCUT2D eigenvalue weighted by Gasteiger charge is -2.33. The first kappa shape index (κ1) is 18.6. The summed E-state index contributed by atoms with van der Waals surface area (Å²) in [6, 6.07) is -0.885. The molecule has 3 unspecified atom stereocenters. The number of hydrogen-bond donors (Lipinski definition) is 2. The Morgan fingerprint density at radius 1 is 1.19 bits per heavy atom. The van der Waals surface area contributed by atoms with E-state index in [1.54, 1.807) is 21.6 Å². The highest BCUT2D eigenvalue weighted by atomic mass is 16.2. The van der Waals surface area contributed by atoms with Gasteiger partial charge in [-0.25, -0.2) is 4.79 Å². The van der Waals surface area contributed by atoms with Crippen LogP contribution in [-0.2, 0) is 14.4 Å². The smallest absolute Gasteiger partial charge is 0.320 e. The maximum Gasteiger partial charge on any atom is 0.320 e. The second-order valence-corrected chi connectivity index (χ2v) is 7.34. The number of rotatable bonds is 4. The number of likely N-dealkylation sites (tertiary alicyclic amines) is 2.